The molecule has 0 saturated carbocycles. The van der Waals surface area contributed by atoms with Crippen molar-refractivity contribution in [2.24, 2.45) is 7.05 Å². The molecule has 0 atom stereocenters. The first kappa shape index (κ1) is 26.9. The molecule has 0 saturated heterocycles. The Balaban J connectivity index is 1.49. The molecule has 12 heteroatoms. The highest BCUT2D eigenvalue weighted by Crippen LogP contribution is 2.28. The van der Waals surface area contributed by atoms with E-state index in [1.165, 1.54) is 0 Å². The largest absolute Gasteiger partial charge is 0.354 e. The zero-order chi connectivity index (χ0) is 27.4. The first-order valence-electron chi connectivity index (χ1n) is 12.0. The lowest BCUT2D eigenvalue weighted by molar-refractivity contribution is 0.102. The molecule has 0 aliphatic rings. The van der Waals surface area contributed by atoms with Gasteiger partial charge in [-0.2, -0.15) is 10.1 Å². The molecule has 0 bridgehead atoms. The van der Waals surface area contributed by atoms with Crippen LogP contribution in [0.3, 0.4) is 0 Å². The van der Waals surface area contributed by atoms with Crippen molar-refractivity contribution in [3.05, 3.63) is 65.1 Å². The average Bonchev–Trinajstić information content (AvgIpc) is 3.17. The van der Waals surface area contributed by atoms with E-state index in [0.717, 1.165) is 31.5 Å². The molecule has 0 aliphatic carbocycles. The van der Waals surface area contributed by atoms with Gasteiger partial charge in [0.25, 0.3) is 5.91 Å². The Morgan fingerprint density at radius 3 is 2.58 bits per heavy atom. The fourth-order valence-corrected chi connectivity index (χ4v) is 3.83. The summed E-state index contributed by atoms with van der Waals surface area (Å²) >= 11 is 0. The third-order valence-electron chi connectivity index (χ3n) is 5.90. The number of carbonyl (C=O) groups is 1. The standard InChI is InChI=1S/C26H29F3N8O/c1-15-7-8-16(32-25(38)17-12-20(28)21(29)13-19(17)27)11-22(15)33-23-18-14-31-26(34-24(18)37(4)35-23)30-9-5-6-10-36(2)3/h7-8,11-14H,5-6,9-10H2,1-4H3,(H,32,38)(H,33,35)(H,30,31,34). The summed E-state index contributed by atoms with van der Waals surface area (Å²) in [5.74, 6) is -3.71. The van der Waals surface area contributed by atoms with Crippen molar-refractivity contribution in [3.8, 4) is 0 Å². The van der Waals surface area contributed by atoms with Crippen LogP contribution in [0.15, 0.2) is 36.5 Å². The molecule has 38 heavy (non-hydrogen) atoms. The van der Waals surface area contributed by atoms with Gasteiger partial charge in [0.1, 0.15) is 5.82 Å². The number of anilines is 4. The molecule has 1 amide bonds. The minimum Gasteiger partial charge on any atom is -0.354 e. The second-order valence-corrected chi connectivity index (χ2v) is 9.20. The highest BCUT2D eigenvalue weighted by atomic mass is 19.2. The molecule has 0 aliphatic heterocycles. The van der Waals surface area contributed by atoms with Gasteiger partial charge < -0.3 is 20.9 Å². The van der Waals surface area contributed by atoms with Crippen LogP contribution >= 0.6 is 0 Å². The number of benzene rings is 2. The summed E-state index contributed by atoms with van der Waals surface area (Å²) in [6.45, 7) is 3.64. The van der Waals surface area contributed by atoms with Crippen LogP contribution in [0.2, 0.25) is 0 Å². The molecule has 9 nitrogen and oxygen atoms in total. The van der Waals surface area contributed by atoms with Crippen molar-refractivity contribution in [1.29, 1.82) is 0 Å². The van der Waals surface area contributed by atoms with E-state index < -0.39 is 28.9 Å². The summed E-state index contributed by atoms with van der Waals surface area (Å²) < 4.78 is 42.4. The first-order valence-corrected chi connectivity index (χ1v) is 12.0. The number of hydrogen-bond acceptors (Lipinski definition) is 7. The Morgan fingerprint density at radius 1 is 1.05 bits per heavy atom. The monoisotopic (exact) mass is 526 g/mol. The third-order valence-corrected chi connectivity index (χ3v) is 5.90. The van der Waals surface area contributed by atoms with Crippen LogP contribution in [0.25, 0.3) is 11.0 Å². The van der Waals surface area contributed by atoms with Crippen LogP contribution < -0.4 is 16.0 Å². The Morgan fingerprint density at radius 2 is 1.82 bits per heavy atom. The van der Waals surface area contributed by atoms with Crippen molar-refractivity contribution < 1.29 is 18.0 Å². The first-order chi connectivity index (χ1) is 18.1. The van der Waals surface area contributed by atoms with Gasteiger partial charge in [-0.3, -0.25) is 4.79 Å². The number of nitrogens with one attached hydrogen (secondary N) is 3. The normalized spacial score (nSPS) is 11.3. The number of halogens is 3. The number of carbonyl (C=O) groups excluding carboxylic acids is 1. The van der Waals surface area contributed by atoms with E-state index in [1.54, 1.807) is 36.1 Å². The molecule has 0 unspecified atom stereocenters. The second kappa shape index (κ2) is 11.5. The molecular weight excluding hydrogens is 497 g/mol. The van der Waals surface area contributed by atoms with Gasteiger partial charge in [0.05, 0.1) is 10.9 Å². The summed E-state index contributed by atoms with van der Waals surface area (Å²) in [5.41, 5.74) is 1.82. The summed E-state index contributed by atoms with van der Waals surface area (Å²) in [4.78, 5) is 23.6. The zero-order valence-electron chi connectivity index (χ0n) is 21.6. The highest BCUT2D eigenvalue weighted by molar-refractivity contribution is 6.04. The van der Waals surface area contributed by atoms with Gasteiger partial charge in [0.2, 0.25) is 5.95 Å². The van der Waals surface area contributed by atoms with Gasteiger partial charge in [-0.15, -0.1) is 0 Å². The van der Waals surface area contributed by atoms with Crippen molar-refractivity contribution >= 4 is 40.1 Å². The fourth-order valence-electron chi connectivity index (χ4n) is 3.83. The topological polar surface area (TPSA) is 100 Å². The lowest BCUT2D eigenvalue weighted by Gasteiger charge is -2.12. The van der Waals surface area contributed by atoms with Crippen molar-refractivity contribution in [2.45, 2.75) is 19.8 Å². The molecular formula is C26H29F3N8O. The van der Waals surface area contributed by atoms with Crippen LogP contribution in [0.1, 0.15) is 28.8 Å². The van der Waals surface area contributed by atoms with Gasteiger partial charge in [-0.1, -0.05) is 6.07 Å². The highest BCUT2D eigenvalue weighted by Gasteiger charge is 2.18. The number of fused-ring (bicyclic) bond motifs is 1. The lowest BCUT2D eigenvalue weighted by Crippen LogP contribution is -2.15. The Kier molecular flexibility index (Phi) is 8.10. The van der Waals surface area contributed by atoms with E-state index in [2.05, 4.69) is 35.9 Å². The maximum absolute atomic E-state index is 14.0. The van der Waals surface area contributed by atoms with E-state index in [-0.39, 0.29) is 0 Å². The van der Waals surface area contributed by atoms with Gasteiger partial charge in [-0.25, -0.2) is 22.8 Å². The maximum Gasteiger partial charge on any atom is 0.258 e. The van der Waals surface area contributed by atoms with E-state index >= 15 is 0 Å². The number of aromatic nitrogens is 4. The quantitative estimate of drug-likeness (QED) is 0.201. The van der Waals surface area contributed by atoms with E-state index in [0.29, 0.717) is 46.3 Å². The third kappa shape index (κ3) is 6.20. The number of rotatable bonds is 10. The van der Waals surface area contributed by atoms with E-state index in [9.17, 15) is 18.0 Å². The molecule has 2 aromatic carbocycles. The average molecular weight is 527 g/mol. The molecule has 4 rings (SSSR count). The predicted molar refractivity (Wildman–Crippen MR) is 141 cm³/mol. The molecule has 2 heterocycles. The molecule has 0 radical (unpaired) electrons. The summed E-state index contributed by atoms with van der Waals surface area (Å²) in [7, 11) is 5.87. The van der Waals surface area contributed by atoms with Crippen molar-refractivity contribution in [2.75, 3.05) is 43.1 Å². The van der Waals surface area contributed by atoms with Gasteiger partial charge in [-0.05, 0) is 64.2 Å². The smallest absolute Gasteiger partial charge is 0.258 e. The van der Waals surface area contributed by atoms with Crippen LogP contribution in [0, 0.1) is 24.4 Å². The predicted octanol–water partition coefficient (Wildman–Crippen LogP) is 4.84. The molecule has 3 N–H and O–H groups in total. The minimum absolute atomic E-state index is 0.324. The summed E-state index contributed by atoms with van der Waals surface area (Å²) in [6.07, 6.45) is 3.75. The minimum atomic E-state index is -1.37. The zero-order valence-corrected chi connectivity index (χ0v) is 21.6. The van der Waals surface area contributed by atoms with Crippen LogP contribution in [0.4, 0.5) is 36.3 Å². The van der Waals surface area contributed by atoms with Gasteiger partial charge >= 0.3 is 0 Å². The summed E-state index contributed by atoms with van der Waals surface area (Å²) in [6, 6.07) is 5.87. The molecule has 0 spiro atoms. The second-order valence-electron chi connectivity index (χ2n) is 9.20. The number of amides is 1. The van der Waals surface area contributed by atoms with E-state index in [1.807, 2.05) is 21.0 Å². The fraction of sp³-hybridized carbons (Fsp3) is 0.308. The Labute approximate surface area is 218 Å². The number of aryl methyl sites for hydroxylation is 2. The van der Waals surface area contributed by atoms with E-state index in [4.69, 9.17) is 0 Å². The SMILES string of the molecule is Cc1ccc(NC(=O)c2cc(F)c(F)cc2F)cc1Nc1nn(C)c2nc(NCCCCN(C)C)ncc12. The maximum atomic E-state index is 14.0. The van der Waals surface area contributed by atoms with Crippen molar-refractivity contribution in [3.63, 3.8) is 0 Å². The molecule has 4 aromatic rings. The number of nitrogens with zero attached hydrogens (tertiary/aromatic N) is 5. The van der Waals surface area contributed by atoms with Crippen LogP contribution in [-0.2, 0) is 7.05 Å². The molecule has 200 valence electrons. The number of unbranched alkanes of at least 4 members (excludes halogenated alkanes) is 1. The molecule has 2 aromatic heterocycles. The lowest BCUT2D eigenvalue weighted by atomic mass is 10.1. The Hall–Kier alpha value is -4.19. The number of hydrogen-bond donors (Lipinski definition) is 3. The van der Waals surface area contributed by atoms with Gasteiger partial charge in [0, 0.05) is 37.2 Å². The Bertz CT molecular complexity index is 1470. The summed E-state index contributed by atoms with van der Waals surface area (Å²) in [5, 5.41) is 14.2. The van der Waals surface area contributed by atoms with Gasteiger partial charge in [0.15, 0.2) is 23.1 Å². The van der Waals surface area contributed by atoms with Crippen LogP contribution in [-0.4, -0.2) is 57.7 Å². The molecule has 0 fully saturated rings. The van der Waals surface area contributed by atoms with Crippen LogP contribution in [0.5, 0.6) is 0 Å². The van der Waals surface area contributed by atoms with Crippen molar-refractivity contribution in [1.82, 2.24) is 24.6 Å².